The summed E-state index contributed by atoms with van der Waals surface area (Å²) < 4.78 is 38.5. The number of sulfonamides is 1. The van der Waals surface area contributed by atoms with Gasteiger partial charge in [0.25, 0.3) is 0 Å². The van der Waals surface area contributed by atoms with Gasteiger partial charge in [-0.2, -0.15) is 4.31 Å². The van der Waals surface area contributed by atoms with Gasteiger partial charge in [-0.3, -0.25) is 4.98 Å². The molecule has 0 aliphatic carbocycles. The summed E-state index contributed by atoms with van der Waals surface area (Å²) >= 11 is 0. The molecule has 1 atom stereocenters. The quantitative estimate of drug-likeness (QED) is 0.836. The first kappa shape index (κ1) is 20.3. The topological polar surface area (TPSA) is 97.8 Å². The van der Waals surface area contributed by atoms with Crippen LogP contribution in [0.4, 0.5) is 4.79 Å². The van der Waals surface area contributed by atoms with Crippen LogP contribution >= 0.6 is 0 Å². The van der Waals surface area contributed by atoms with Crippen molar-refractivity contribution in [3.63, 3.8) is 0 Å². The van der Waals surface area contributed by atoms with Crippen LogP contribution in [0.5, 0.6) is 5.75 Å². The molecule has 1 aliphatic rings. The minimum atomic E-state index is -3.77. The number of rotatable bonds is 4. The van der Waals surface area contributed by atoms with Gasteiger partial charge in [-0.15, -0.1) is 0 Å². The summed E-state index contributed by atoms with van der Waals surface area (Å²) in [5, 5.41) is 3.93. The maximum atomic E-state index is 13.3. The highest BCUT2D eigenvalue weighted by atomic mass is 32.2. The van der Waals surface area contributed by atoms with E-state index >= 15 is 0 Å². The lowest BCUT2D eigenvalue weighted by atomic mass is 10.2. The molecule has 8 nitrogen and oxygen atoms in total. The van der Waals surface area contributed by atoms with Crippen molar-refractivity contribution < 1.29 is 22.7 Å². The minimum Gasteiger partial charge on any atom is -0.494 e. The Hall–Kier alpha value is -2.39. The zero-order chi connectivity index (χ0) is 20.5. The molecule has 1 unspecified atom stereocenters. The molecule has 0 spiro atoms. The Labute approximate surface area is 164 Å². The van der Waals surface area contributed by atoms with Gasteiger partial charge in [0.1, 0.15) is 11.4 Å². The summed E-state index contributed by atoms with van der Waals surface area (Å²) in [7, 11) is -2.29. The SMILES string of the molecule is COc1cncc2cccc(S(=O)(=O)N3CCC(NC(=O)OC(C)(C)C)C3)c12. The second-order valence-electron chi connectivity index (χ2n) is 7.69. The Morgan fingerprint density at radius 2 is 2.04 bits per heavy atom. The van der Waals surface area contributed by atoms with Crippen LogP contribution in [0.2, 0.25) is 0 Å². The van der Waals surface area contributed by atoms with Gasteiger partial charge >= 0.3 is 6.09 Å². The maximum absolute atomic E-state index is 13.3. The van der Waals surface area contributed by atoms with E-state index in [-0.39, 0.29) is 17.5 Å². The molecule has 0 saturated carbocycles. The number of nitrogens with zero attached hydrogens (tertiary/aromatic N) is 2. The number of hydrogen-bond donors (Lipinski definition) is 1. The molecule has 1 aromatic carbocycles. The summed E-state index contributed by atoms with van der Waals surface area (Å²) in [5.74, 6) is 0.402. The van der Waals surface area contributed by atoms with Crippen LogP contribution in [0.15, 0.2) is 35.5 Å². The number of nitrogens with one attached hydrogen (secondary N) is 1. The fourth-order valence-corrected chi connectivity index (χ4v) is 4.94. The monoisotopic (exact) mass is 407 g/mol. The summed E-state index contributed by atoms with van der Waals surface area (Å²) in [6, 6.07) is 4.74. The van der Waals surface area contributed by atoms with E-state index in [9.17, 15) is 13.2 Å². The predicted molar refractivity (Wildman–Crippen MR) is 105 cm³/mol. The van der Waals surface area contributed by atoms with Gasteiger partial charge in [-0.25, -0.2) is 13.2 Å². The zero-order valence-corrected chi connectivity index (χ0v) is 17.2. The van der Waals surface area contributed by atoms with Crippen LogP contribution < -0.4 is 10.1 Å². The first-order valence-corrected chi connectivity index (χ1v) is 10.5. The Bertz CT molecular complexity index is 979. The summed E-state index contributed by atoms with van der Waals surface area (Å²) in [4.78, 5) is 16.2. The number of amides is 1. The number of carbonyl (C=O) groups excluding carboxylic acids is 1. The van der Waals surface area contributed by atoms with Crippen LogP contribution in [-0.2, 0) is 14.8 Å². The number of fused-ring (bicyclic) bond motifs is 1. The van der Waals surface area contributed by atoms with Crippen molar-refractivity contribution in [1.82, 2.24) is 14.6 Å². The molecule has 0 radical (unpaired) electrons. The maximum Gasteiger partial charge on any atom is 0.407 e. The number of pyridine rings is 1. The number of hydrogen-bond acceptors (Lipinski definition) is 6. The van der Waals surface area contributed by atoms with Crippen molar-refractivity contribution in [3.05, 3.63) is 30.6 Å². The molecule has 9 heteroatoms. The molecule has 2 heterocycles. The number of alkyl carbamates (subject to hydrolysis) is 1. The van der Waals surface area contributed by atoms with Crippen molar-refractivity contribution >= 4 is 26.9 Å². The van der Waals surface area contributed by atoms with Crippen molar-refractivity contribution in [1.29, 1.82) is 0 Å². The molecule has 1 fully saturated rings. The van der Waals surface area contributed by atoms with Crippen molar-refractivity contribution in [2.24, 2.45) is 0 Å². The standard InChI is InChI=1S/C19H25N3O5S/c1-19(2,3)27-18(23)21-14-8-9-22(12-14)28(24,25)16-7-5-6-13-10-20-11-15(26-4)17(13)16/h5-7,10-11,14H,8-9,12H2,1-4H3,(H,21,23). The van der Waals surface area contributed by atoms with E-state index in [1.54, 1.807) is 45.2 Å². The van der Waals surface area contributed by atoms with Crippen LogP contribution in [0.3, 0.4) is 0 Å². The summed E-state index contributed by atoms with van der Waals surface area (Å²) in [6.07, 6.45) is 3.07. The van der Waals surface area contributed by atoms with Gasteiger partial charge in [-0.1, -0.05) is 12.1 Å². The van der Waals surface area contributed by atoms with Crippen LogP contribution in [-0.4, -0.2) is 55.6 Å². The molecule has 1 N–H and O–H groups in total. The first-order chi connectivity index (χ1) is 13.1. The zero-order valence-electron chi connectivity index (χ0n) is 16.4. The molecule has 28 heavy (non-hydrogen) atoms. The van der Waals surface area contributed by atoms with Crippen molar-refractivity contribution in [2.45, 2.75) is 43.7 Å². The molecule has 152 valence electrons. The second kappa shape index (κ2) is 7.56. The van der Waals surface area contributed by atoms with Gasteiger partial charge in [0, 0.05) is 36.1 Å². The number of benzene rings is 1. The Kier molecular flexibility index (Phi) is 5.49. The normalized spacial score (nSPS) is 18.2. The highest BCUT2D eigenvalue weighted by molar-refractivity contribution is 7.89. The van der Waals surface area contributed by atoms with Crippen molar-refractivity contribution in [2.75, 3.05) is 20.2 Å². The molecule has 2 aromatic rings. The fraction of sp³-hybridized carbons (Fsp3) is 0.474. The van der Waals surface area contributed by atoms with Crippen LogP contribution in [0.25, 0.3) is 10.8 Å². The molecule has 1 amide bonds. The minimum absolute atomic E-state index is 0.169. The third kappa shape index (κ3) is 4.20. The van der Waals surface area contributed by atoms with E-state index in [0.29, 0.717) is 29.5 Å². The Morgan fingerprint density at radius 1 is 1.29 bits per heavy atom. The van der Waals surface area contributed by atoms with Gasteiger partial charge in [0.2, 0.25) is 10.0 Å². The van der Waals surface area contributed by atoms with Gasteiger partial charge in [-0.05, 0) is 33.3 Å². The Morgan fingerprint density at radius 3 is 2.71 bits per heavy atom. The third-order valence-electron chi connectivity index (χ3n) is 4.42. The smallest absolute Gasteiger partial charge is 0.407 e. The number of carbonyl (C=O) groups is 1. The first-order valence-electron chi connectivity index (χ1n) is 9.02. The number of ether oxygens (including phenoxy) is 2. The summed E-state index contributed by atoms with van der Waals surface area (Å²) in [6.45, 7) is 5.83. The lowest BCUT2D eigenvalue weighted by Gasteiger charge is -2.22. The van der Waals surface area contributed by atoms with Crippen LogP contribution in [0.1, 0.15) is 27.2 Å². The predicted octanol–water partition coefficient (Wildman–Crippen LogP) is 2.53. The number of aromatic nitrogens is 1. The lowest BCUT2D eigenvalue weighted by molar-refractivity contribution is 0.0507. The van der Waals surface area contributed by atoms with Crippen LogP contribution in [0, 0.1) is 0 Å². The average molecular weight is 407 g/mol. The molecule has 3 rings (SSSR count). The molecular weight excluding hydrogens is 382 g/mol. The highest BCUT2D eigenvalue weighted by Gasteiger charge is 2.35. The second-order valence-corrected chi connectivity index (χ2v) is 9.60. The average Bonchev–Trinajstić information content (AvgIpc) is 3.08. The van der Waals surface area contributed by atoms with Gasteiger partial charge in [0.05, 0.1) is 18.2 Å². The summed E-state index contributed by atoms with van der Waals surface area (Å²) in [5.41, 5.74) is -0.609. The van der Waals surface area contributed by atoms with Gasteiger partial charge in [0.15, 0.2) is 0 Å². The Balaban J connectivity index is 1.83. The van der Waals surface area contributed by atoms with E-state index in [0.717, 1.165) is 0 Å². The lowest BCUT2D eigenvalue weighted by Crippen LogP contribution is -2.41. The van der Waals surface area contributed by atoms with E-state index in [1.165, 1.54) is 17.6 Å². The largest absolute Gasteiger partial charge is 0.494 e. The molecular formula is C19H25N3O5S. The van der Waals surface area contributed by atoms with E-state index in [2.05, 4.69) is 10.3 Å². The highest BCUT2D eigenvalue weighted by Crippen LogP contribution is 2.33. The number of methoxy groups -OCH3 is 1. The van der Waals surface area contributed by atoms with E-state index < -0.39 is 21.7 Å². The molecule has 1 saturated heterocycles. The van der Waals surface area contributed by atoms with E-state index in [1.807, 2.05) is 0 Å². The van der Waals surface area contributed by atoms with Gasteiger partial charge < -0.3 is 14.8 Å². The molecule has 1 aromatic heterocycles. The van der Waals surface area contributed by atoms with E-state index in [4.69, 9.17) is 9.47 Å². The molecule has 1 aliphatic heterocycles. The van der Waals surface area contributed by atoms with Crippen molar-refractivity contribution in [3.8, 4) is 5.75 Å². The fourth-order valence-electron chi connectivity index (χ4n) is 3.22. The third-order valence-corrected chi connectivity index (χ3v) is 6.33. The molecule has 0 bridgehead atoms.